The van der Waals surface area contributed by atoms with Gasteiger partial charge in [0, 0.05) is 35.6 Å². The first kappa shape index (κ1) is 20.3. The molecule has 1 nitrogen and oxygen atoms in total. The van der Waals surface area contributed by atoms with E-state index in [0.717, 1.165) is 0 Å². The molecule has 0 unspecified atom stereocenters. The molecule has 0 aliphatic carbocycles. The molecule has 17 heavy (non-hydrogen) atoms. The van der Waals surface area contributed by atoms with Crippen LogP contribution < -0.4 is 5.32 Å². The Morgan fingerprint density at radius 2 is 1.12 bits per heavy atom. The summed E-state index contributed by atoms with van der Waals surface area (Å²) in [5, 5.41) is 3.47. The molecule has 0 saturated heterocycles. The average molecular weight is 250 g/mol. The molecule has 1 N–H and O–H groups in total. The minimum Gasteiger partial charge on any atom is -0.315 e. The van der Waals surface area contributed by atoms with Crippen molar-refractivity contribution in [3.8, 4) is 0 Å². The molecule has 0 heterocycles. The van der Waals surface area contributed by atoms with Gasteiger partial charge < -0.3 is 5.32 Å². The fraction of sp³-hybridized carbons (Fsp3) is 1.00. The zero-order valence-corrected chi connectivity index (χ0v) is 14.9. The largest absolute Gasteiger partial charge is 0.315 e. The number of hydrogen-bond acceptors (Lipinski definition) is 1. The summed E-state index contributed by atoms with van der Waals surface area (Å²) in [6, 6.07) is 0.651. The fourth-order valence-electron chi connectivity index (χ4n) is 2.00. The molecule has 0 rings (SSSR count). The van der Waals surface area contributed by atoms with Gasteiger partial charge >= 0.3 is 0 Å². The third kappa shape index (κ3) is 19.5. The van der Waals surface area contributed by atoms with Gasteiger partial charge in [-0.05, 0) is 13.0 Å². The van der Waals surface area contributed by atoms with E-state index in [4.69, 9.17) is 0 Å². The second-order valence-electron chi connectivity index (χ2n) is 5.29. The summed E-state index contributed by atoms with van der Waals surface area (Å²) in [6.45, 7) is 7.92. The molecule has 0 amide bonds. The molecular weight excluding hydrogens is 217 g/mol. The fourth-order valence-corrected chi connectivity index (χ4v) is 2.00. The standard InChI is InChI=1S/C15H33N.Na/c1-4-5-6-7-8-9-10-11-12-13-14-16-15(2)3;/h15-16H,4-14H2,1-3H3;. The van der Waals surface area contributed by atoms with Gasteiger partial charge in [-0.15, -0.1) is 0 Å². The van der Waals surface area contributed by atoms with Crippen molar-refractivity contribution >= 4 is 29.6 Å². The van der Waals surface area contributed by atoms with E-state index in [0.29, 0.717) is 6.04 Å². The minimum absolute atomic E-state index is 0. The van der Waals surface area contributed by atoms with Gasteiger partial charge in [0.05, 0.1) is 0 Å². The second kappa shape index (κ2) is 17.0. The van der Waals surface area contributed by atoms with E-state index in [2.05, 4.69) is 26.1 Å². The Balaban J connectivity index is 0. The van der Waals surface area contributed by atoms with Gasteiger partial charge in [0.25, 0.3) is 0 Å². The molecule has 0 fully saturated rings. The van der Waals surface area contributed by atoms with E-state index in [1.807, 2.05) is 0 Å². The monoisotopic (exact) mass is 250 g/mol. The Kier molecular flexibility index (Phi) is 20.2. The van der Waals surface area contributed by atoms with Gasteiger partial charge in [-0.2, -0.15) is 0 Å². The predicted octanol–water partition coefficient (Wildman–Crippen LogP) is 4.52. The first-order chi connectivity index (χ1) is 7.77. The molecule has 2 heteroatoms. The van der Waals surface area contributed by atoms with Crippen molar-refractivity contribution in [3.05, 3.63) is 0 Å². The van der Waals surface area contributed by atoms with Crippen molar-refractivity contribution in [1.82, 2.24) is 5.32 Å². The molecule has 0 aromatic heterocycles. The molecular formula is C15H33NNa. The summed E-state index contributed by atoms with van der Waals surface area (Å²) < 4.78 is 0. The maximum Gasteiger partial charge on any atom is 0.00103 e. The zero-order valence-electron chi connectivity index (χ0n) is 12.9. The summed E-state index contributed by atoms with van der Waals surface area (Å²) in [7, 11) is 0. The molecule has 0 aromatic carbocycles. The first-order valence-corrected chi connectivity index (χ1v) is 7.50. The number of nitrogens with one attached hydrogen (secondary N) is 1. The molecule has 0 bridgehead atoms. The number of hydrogen-bond donors (Lipinski definition) is 1. The van der Waals surface area contributed by atoms with Gasteiger partial charge in [0.15, 0.2) is 0 Å². The van der Waals surface area contributed by atoms with Gasteiger partial charge in [0.2, 0.25) is 0 Å². The van der Waals surface area contributed by atoms with Crippen LogP contribution in [0.2, 0.25) is 0 Å². The molecule has 0 aliphatic heterocycles. The third-order valence-electron chi connectivity index (χ3n) is 3.08. The second-order valence-corrected chi connectivity index (χ2v) is 5.29. The van der Waals surface area contributed by atoms with Crippen LogP contribution in [0, 0.1) is 0 Å². The van der Waals surface area contributed by atoms with E-state index in [-0.39, 0.29) is 29.6 Å². The normalized spacial score (nSPS) is 10.6. The van der Waals surface area contributed by atoms with Crippen LogP contribution in [0.25, 0.3) is 0 Å². The van der Waals surface area contributed by atoms with Crippen molar-refractivity contribution < 1.29 is 0 Å². The summed E-state index contributed by atoms with van der Waals surface area (Å²) in [5.74, 6) is 0. The Hall–Kier alpha value is 0.960. The van der Waals surface area contributed by atoms with E-state index in [9.17, 15) is 0 Å². The summed E-state index contributed by atoms with van der Waals surface area (Å²) >= 11 is 0. The van der Waals surface area contributed by atoms with Gasteiger partial charge in [-0.3, -0.25) is 0 Å². The topological polar surface area (TPSA) is 12.0 Å². The molecule has 0 aliphatic rings. The van der Waals surface area contributed by atoms with Crippen molar-refractivity contribution in [2.75, 3.05) is 6.54 Å². The van der Waals surface area contributed by atoms with Gasteiger partial charge in [-0.1, -0.05) is 78.6 Å². The first-order valence-electron chi connectivity index (χ1n) is 7.50. The molecule has 0 saturated carbocycles. The summed E-state index contributed by atoms with van der Waals surface area (Å²) in [4.78, 5) is 0. The summed E-state index contributed by atoms with van der Waals surface area (Å²) in [6.07, 6.45) is 14.3. The Bertz CT molecular complexity index is 126. The van der Waals surface area contributed by atoms with Crippen LogP contribution in [0.1, 0.15) is 85.0 Å². The van der Waals surface area contributed by atoms with Gasteiger partial charge in [0.1, 0.15) is 0 Å². The molecule has 0 aromatic rings. The van der Waals surface area contributed by atoms with Crippen LogP contribution in [0.5, 0.6) is 0 Å². The molecule has 0 atom stereocenters. The zero-order chi connectivity index (χ0) is 12.1. The Labute approximate surface area is 132 Å². The van der Waals surface area contributed by atoms with Crippen LogP contribution in [-0.2, 0) is 0 Å². The van der Waals surface area contributed by atoms with Crippen molar-refractivity contribution in [3.63, 3.8) is 0 Å². The summed E-state index contributed by atoms with van der Waals surface area (Å²) in [5.41, 5.74) is 0. The predicted molar refractivity (Wildman–Crippen MR) is 80.7 cm³/mol. The van der Waals surface area contributed by atoms with E-state index in [1.165, 1.54) is 70.8 Å². The van der Waals surface area contributed by atoms with Crippen LogP contribution in [0.4, 0.5) is 0 Å². The van der Waals surface area contributed by atoms with Crippen LogP contribution in [0.3, 0.4) is 0 Å². The van der Waals surface area contributed by atoms with Crippen molar-refractivity contribution in [2.24, 2.45) is 0 Å². The Morgan fingerprint density at radius 3 is 1.53 bits per heavy atom. The van der Waals surface area contributed by atoms with Crippen molar-refractivity contribution in [2.45, 2.75) is 91.0 Å². The number of rotatable bonds is 12. The molecule has 99 valence electrons. The SMILES string of the molecule is CCCCCCCCCCCCNC(C)C.[Na]. The van der Waals surface area contributed by atoms with Crippen LogP contribution >= 0.6 is 0 Å². The third-order valence-corrected chi connectivity index (χ3v) is 3.08. The van der Waals surface area contributed by atoms with E-state index >= 15 is 0 Å². The maximum atomic E-state index is 3.47. The van der Waals surface area contributed by atoms with Crippen LogP contribution in [-0.4, -0.2) is 42.1 Å². The molecule has 1 radical (unpaired) electrons. The van der Waals surface area contributed by atoms with E-state index < -0.39 is 0 Å². The average Bonchev–Trinajstić information content (AvgIpc) is 2.25. The van der Waals surface area contributed by atoms with E-state index in [1.54, 1.807) is 0 Å². The smallest absolute Gasteiger partial charge is 0.00103 e. The quantitative estimate of drug-likeness (QED) is 0.396. The van der Waals surface area contributed by atoms with Crippen LogP contribution in [0.15, 0.2) is 0 Å². The van der Waals surface area contributed by atoms with Gasteiger partial charge in [-0.25, -0.2) is 0 Å². The van der Waals surface area contributed by atoms with Crippen molar-refractivity contribution in [1.29, 1.82) is 0 Å². The molecule has 0 spiro atoms. The minimum atomic E-state index is 0. The Morgan fingerprint density at radius 1 is 0.706 bits per heavy atom. The number of unbranched alkanes of at least 4 members (excludes halogenated alkanes) is 9. The maximum absolute atomic E-state index is 3.47.